The first kappa shape index (κ1) is 21.8. The van der Waals surface area contributed by atoms with Gasteiger partial charge in [-0.25, -0.2) is 4.39 Å². The molecule has 1 aliphatic heterocycles. The molecule has 0 spiro atoms. The minimum absolute atomic E-state index is 0.0972. The summed E-state index contributed by atoms with van der Waals surface area (Å²) in [5.41, 5.74) is 1.22. The van der Waals surface area contributed by atoms with E-state index in [-0.39, 0.29) is 30.1 Å². The number of rotatable bonds is 9. The molecule has 2 N–H and O–H groups in total. The number of carbonyl (C=O) groups excluding carboxylic acids is 3. The summed E-state index contributed by atoms with van der Waals surface area (Å²) < 4.78 is 12.9. The molecule has 1 heterocycles. The van der Waals surface area contributed by atoms with Crippen LogP contribution in [0.1, 0.15) is 29.6 Å². The monoisotopic (exact) mass is 429 g/mol. The van der Waals surface area contributed by atoms with Crippen molar-refractivity contribution in [1.82, 2.24) is 10.6 Å². The predicted molar refractivity (Wildman–Crippen MR) is 115 cm³/mol. The zero-order valence-corrected chi connectivity index (χ0v) is 17.3. The molecule has 2 aromatic rings. The molecule has 1 aliphatic rings. The highest BCUT2D eigenvalue weighted by Crippen LogP contribution is 2.21. The lowest BCUT2D eigenvalue weighted by molar-refractivity contribution is -0.120. The number of hydrogen-bond acceptors (Lipinski definition) is 4. The van der Waals surface area contributed by atoms with E-state index in [1.165, 1.54) is 12.1 Å². The summed E-state index contributed by atoms with van der Waals surface area (Å²) in [6.07, 6.45) is 2.17. The van der Waals surface area contributed by atoms with Gasteiger partial charge in [0, 0.05) is 35.7 Å². The summed E-state index contributed by atoms with van der Waals surface area (Å²) in [4.78, 5) is 38.6. The van der Waals surface area contributed by atoms with Gasteiger partial charge in [-0.1, -0.05) is 0 Å². The van der Waals surface area contributed by atoms with Gasteiger partial charge in [-0.05, 0) is 67.1 Å². The van der Waals surface area contributed by atoms with Gasteiger partial charge in [-0.15, -0.1) is 11.8 Å². The average molecular weight is 430 g/mol. The van der Waals surface area contributed by atoms with Crippen LogP contribution >= 0.6 is 11.8 Å². The third-order valence-corrected chi connectivity index (χ3v) is 5.75. The number of nitrogens with one attached hydrogen (secondary N) is 2. The number of hydrogen-bond donors (Lipinski definition) is 2. The molecule has 3 amide bonds. The highest BCUT2D eigenvalue weighted by molar-refractivity contribution is 7.99. The maximum atomic E-state index is 12.9. The van der Waals surface area contributed by atoms with Crippen LogP contribution < -0.4 is 15.5 Å². The molecule has 0 saturated carbocycles. The van der Waals surface area contributed by atoms with Crippen molar-refractivity contribution in [3.05, 3.63) is 59.9 Å². The van der Waals surface area contributed by atoms with E-state index in [4.69, 9.17) is 0 Å². The molecule has 0 atom stereocenters. The lowest BCUT2D eigenvalue weighted by Crippen LogP contribution is -2.37. The average Bonchev–Trinajstić information content (AvgIpc) is 3.19. The van der Waals surface area contributed by atoms with E-state index < -0.39 is 0 Å². The Labute approximate surface area is 179 Å². The molecular formula is C22H24FN3O3S. The third kappa shape index (κ3) is 6.32. The van der Waals surface area contributed by atoms with E-state index in [1.807, 2.05) is 0 Å². The molecule has 8 heteroatoms. The fourth-order valence-corrected chi connectivity index (χ4v) is 3.91. The number of carbonyl (C=O) groups is 3. The number of benzene rings is 2. The van der Waals surface area contributed by atoms with Crippen LogP contribution in [0.5, 0.6) is 0 Å². The highest BCUT2D eigenvalue weighted by Gasteiger charge is 2.21. The summed E-state index contributed by atoms with van der Waals surface area (Å²) in [6.45, 7) is 1.10. The zero-order valence-electron chi connectivity index (χ0n) is 16.5. The zero-order chi connectivity index (χ0) is 21.3. The Hall–Kier alpha value is -2.87. The van der Waals surface area contributed by atoms with Gasteiger partial charge in [0.1, 0.15) is 5.82 Å². The molecular weight excluding hydrogens is 405 g/mol. The topological polar surface area (TPSA) is 78.5 Å². The van der Waals surface area contributed by atoms with Crippen LogP contribution in [0.3, 0.4) is 0 Å². The van der Waals surface area contributed by atoms with E-state index >= 15 is 0 Å². The van der Waals surface area contributed by atoms with Gasteiger partial charge in [-0.3, -0.25) is 14.4 Å². The number of nitrogens with zero attached hydrogens (tertiary/aromatic N) is 1. The molecule has 1 fully saturated rings. The first-order valence-electron chi connectivity index (χ1n) is 9.86. The predicted octanol–water partition coefficient (Wildman–Crippen LogP) is 2.98. The van der Waals surface area contributed by atoms with Crippen molar-refractivity contribution in [3.63, 3.8) is 0 Å². The van der Waals surface area contributed by atoms with Gasteiger partial charge in [0.15, 0.2) is 0 Å². The first-order valence-corrected chi connectivity index (χ1v) is 10.9. The molecule has 158 valence electrons. The quantitative estimate of drug-likeness (QED) is 0.475. The Bertz CT molecular complexity index is 888. The largest absolute Gasteiger partial charge is 0.355 e. The van der Waals surface area contributed by atoms with Crippen molar-refractivity contribution in [2.24, 2.45) is 0 Å². The van der Waals surface area contributed by atoms with Crippen LogP contribution in [-0.4, -0.2) is 43.1 Å². The SMILES string of the molecule is O=C(CNC(=O)c1ccc(N2CCCC2=O)cc1)NCCCSc1ccc(F)cc1. The van der Waals surface area contributed by atoms with E-state index in [9.17, 15) is 18.8 Å². The molecule has 3 rings (SSSR count). The van der Waals surface area contributed by atoms with Crippen molar-refractivity contribution in [2.45, 2.75) is 24.2 Å². The molecule has 0 bridgehead atoms. The second kappa shape index (κ2) is 10.8. The number of amides is 3. The van der Waals surface area contributed by atoms with Crippen molar-refractivity contribution in [2.75, 3.05) is 30.3 Å². The van der Waals surface area contributed by atoms with E-state index in [0.717, 1.165) is 29.2 Å². The number of thioether (sulfide) groups is 1. The molecule has 30 heavy (non-hydrogen) atoms. The van der Waals surface area contributed by atoms with Crippen LogP contribution in [-0.2, 0) is 9.59 Å². The van der Waals surface area contributed by atoms with Crippen LogP contribution in [0.4, 0.5) is 10.1 Å². The summed E-state index contributed by atoms with van der Waals surface area (Å²) in [7, 11) is 0. The van der Waals surface area contributed by atoms with Crippen molar-refractivity contribution >= 4 is 35.2 Å². The molecule has 0 aliphatic carbocycles. The summed E-state index contributed by atoms with van der Waals surface area (Å²) in [5.74, 6) is 0.0430. The van der Waals surface area contributed by atoms with Crippen LogP contribution in [0, 0.1) is 5.82 Å². The summed E-state index contributed by atoms with van der Waals surface area (Å²) >= 11 is 1.59. The van der Waals surface area contributed by atoms with Gasteiger partial charge < -0.3 is 15.5 Å². The maximum Gasteiger partial charge on any atom is 0.251 e. The highest BCUT2D eigenvalue weighted by atomic mass is 32.2. The molecule has 0 unspecified atom stereocenters. The van der Waals surface area contributed by atoms with Gasteiger partial charge in [0.2, 0.25) is 11.8 Å². The molecule has 6 nitrogen and oxygen atoms in total. The number of halogens is 1. The summed E-state index contributed by atoms with van der Waals surface area (Å²) in [5, 5.41) is 5.36. The second-order valence-corrected chi connectivity index (χ2v) is 8.05. The third-order valence-electron chi connectivity index (χ3n) is 4.65. The fourth-order valence-electron chi connectivity index (χ4n) is 3.06. The summed E-state index contributed by atoms with van der Waals surface area (Å²) in [6, 6.07) is 13.1. The molecule has 2 aromatic carbocycles. The second-order valence-electron chi connectivity index (χ2n) is 6.88. The molecule has 0 radical (unpaired) electrons. The van der Waals surface area contributed by atoms with Crippen LogP contribution in [0.2, 0.25) is 0 Å². The standard InChI is InChI=1S/C22H24FN3O3S/c23-17-6-10-19(11-7-17)30-14-2-12-24-20(27)15-25-22(29)16-4-8-18(9-5-16)26-13-1-3-21(26)28/h4-11H,1-3,12-15H2,(H,24,27)(H,25,29). The van der Waals surface area contributed by atoms with Gasteiger partial charge in [0.25, 0.3) is 5.91 Å². The maximum absolute atomic E-state index is 12.9. The molecule has 0 aromatic heterocycles. The Morgan fingerprint density at radius 1 is 1.03 bits per heavy atom. The Kier molecular flexibility index (Phi) is 7.84. The fraction of sp³-hybridized carbons (Fsp3) is 0.318. The Morgan fingerprint density at radius 3 is 2.43 bits per heavy atom. The van der Waals surface area contributed by atoms with Gasteiger partial charge in [-0.2, -0.15) is 0 Å². The lowest BCUT2D eigenvalue weighted by atomic mass is 10.2. The van der Waals surface area contributed by atoms with Gasteiger partial charge >= 0.3 is 0 Å². The number of anilines is 1. The van der Waals surface area contributed by atoms with Crippen molar-refractivity contribution < 1.29 is 18.8 Å². The van der Waals surface area contributed by atoms with Crippen molar-refractivity contribution in [3.8, 4) is 0 Å². The van der Waals surface area contributed by atoms with Crippen LogP contribution in [0.25, 0.3) is 0 Å². The minimum Gasteiger partial charge on any atom is -0.355 e. The minimum atomic E-state index is -0.337. The van der Waals surface area contributed by atoms with E-state index in [2.05, 4.69) is 10.6 Å². The van der Waals surface area contributed by atoms with Gasteiger partial charge in [0.05, 0.1) is 6.54 Å². The lowest BCUT2D eigenvalue weighted by Gasteiger charge is -2.15. The van der Waals surface area contributed by atoms with Crippen LogP contribution in [0.15, 0.2) is 53.4 Å². The smallest absolute Gasteiger partial charge is 0.251 e. The normalized spacial score (nSPS) is 13.4. The van der Waals surface area contributed by atoms with E-state index in [0.29, 0.717) is 25.1 Å². The van der Waals surface area contributed by atoms with Crippen molar-refractivity contribution in [1.29, 1.82) is 0 Å². The Morgan fingerprint density at radius 2 is 1.77 bits per heavy atom. The van der Waals surface area contributed by atoms with E-state index in [1.54, 1.807) is 53.1 Å². The Balaban J connectivity index is 1.32. The molecule has 1 saturated heterocycles. The first-order chi connectivity index (χ1) is 14.5.